The van der Waals surface area contributed by atoms with E-state index in [0.717, 1.165) is 5.57 Å². The van der Waals surface area contributed by atoms with Gasteiger partial charge in [0, 0.05) is 30.2 Å². The maximum absolute atomic E-state index is 11.4. The van der Waals surface area contributed by atoms with Gasteiger partial charge in [-0.2, -0.15) is 0 Å². The lowest BCUT2D eigenvalue weighted by atomic mass is 10.1. The molecule has 3 rings (SSSR count). The minimum absolute atomic E-state index is 0.0453. The number of phenolic OH excluding ortho intramolecular Hbond substituents is 1. The Morgan fingerprint density at radius 2 is 2.12 bits per heavy atom. The second kappa shape index (κ2) is 6.84. The van der Waals surface area contributed by atoms with Crippen LogP contribution in [0.15, 0.2) is 56.8 Å². The molecule has 25 heavy (non-hydrogen) atoms. The van der Waals surface area contributed by atoms with Crippen LogP contribution in [0.1, 0.15) is 20.3 Å². The normalized spacial score (nSPS) is 17.5. The van der Waals surface area contributed by atoms with Crippen molar-refractivity contribution in [1.29, 1.82) is 0 Å². The predicted octanol–water partition coefficient (Wildman–Crippen LogP) is 3.09. The lowest BCUT2D eigenvalue weighted by Gasteiger charge is -2.10. The molecule has 6 nitrogen and oxygen atoms in total. The number of carbonyl (C=O) groups excluding carboxylic acids is 1. The van der Waals surface area contributed by atoms with Crippen LogP contribution >= 0.6 is 0 Å². The van der Waals surface area contributed by atoms with Gasteiger partial charge < -0.3 is 19.0 Å². The minimum atomic E-state index is -0.491. The van der Waals surface area contributed by atoms with Crippen molar-refractivity contribution in [2.45, 2.75) is 26.4 Å². The minimum Gasteiger partial charge on any atom is -0.508 e. The highest BCUT2D eigenvalue weighted by atomic mass is 16.5. The van der Waals surface area contributed by atoms with Crippen LogP contribution in [0.3, 0.4) is 0 Å². The summed E-state index contributed by atoms with van der Waals surface area (Å²) in [5.74, 6) is 0.101. The first-order valence-electron chi connectivity index (χ1n) is 7.87. The molecule has 0 saturated carbocycles. The Morgan fingerprint density at radius 1 is 1.32 bits per heavy atom. The van der Waals surface area contributed by atoms with Crippen LogP contribution in [0.4, 0.5) is 0 Å². The molecule has 1 aromatic carbocycles. The average Bonchev–Trinajstić information content (AvgIpc) is 2.84. The van der Waals surface area contributed by atoms with Gasteiger partial charge in [0.25, 0.3) is 0 Å². The van der Waals surface area contributed by atoms with Gasteiger partial charge in [-0.05, 0) is 32.1 Å². The van der Waals surface area contributed by atoms with Crippen LogP contribution in [0.25, 0.3) is 11.0 Å². The number of hydrogen-bond acceptors (Lipinski definition) is 6. The summed E-state index contributed by atoms with van der Waals surface area (Å²) in [7, 11) is 0. The third-order valence-corrected chi connectivity index (χ3v) is 3.90. The SMILES string of the molecule is CC(=CCOc1cc(O)cc2oc(=O)ccc12)C[C@@H]1C=C(C)C(=O)O1. The molecule has 2 aromatic rings. The molecule has 2 heterocycles. The van der Waals surface area contributed by atoms with E-state index in [4.69, 9.17) is 13.9 Å². The highest BCUT2D eigenvalue weighted by Crippen LogP contribution is 2.30. The Balaban J connectivity index is 1.68. The predicted molar refractivity (Wildman–Crippen MR) is 91.7 cm³/mol. The number of esters is 1. The Morgan fingerprint density at radius 3 is 2.84 bits per heavy atom. The van der Waals surface area contributed by atoms with Crippen LogP contribution in [0, 0.1) is 0 Å². The van der Waals surface area contributed by atoms with Gasteiger partial charge in [-0.15, -0.1) is 0 Å². The summed E-state index contributed by atoms with van der Waals surface area (Å²) in [6, 6.07) is 5.73. The number of aromatic hydroxyl groups is 1. The number of carbonyl (C=O) groups is 1. The van der Waals surface area contributed by atoms with Gasteiger partial charge in [-0.1, -0.05) is 5.57 Å². The summed E-state index contributed by atoms with van der Waals surface area (Å²) in [6.45, 7) is 3.93. The molecule has 0 spiro atoms. The molecule has 0 radical (unpaired) electrons. The summed E-state index contributed by atoms with van der Waals surface area (Å²) in [5, 5.41) is 10.3. The van der Waals surface area contributed by atoms with Crippen molar-refractivity contribution in [3.63, 3.8) is 0 Å². The molecule has 0 saturated heterocycles. The summed E-state index contributed by atoms with van der Waals surface area (Å²) in [4.78, 5) is 22.6. The van der Waals surface area contributed by atoms with Crippen LogP contribution in [-0.4, -0.2) is 23.8 Å². The van der Waals surface area contributed by atoms with E-state index in [0.29, 0.717) is 23.1 Å². The first kappa shape index (κ1) is 16.8. The molecule has 0 bridgehead atoms. The maximum atomic E-state index is 11.4. The first-order valence-corrected chi connectivity index (χ1v) is 7.87. The van der Waals surface area contributed by atoms with E-state index >= 15 is 0 Å². The molecule has 0 unspecified atom stereocenters. The molecule has 130 valence electrons. The molecule has 1 aliphatic rings. The van der Waals surface area contributed by atoms with E-state index in [1.807, 2.05) is 19.1 Å². The van der Waals surface area contributed by atoms with Crippen molar-refractivity contribution >= 4 is 16.9 Å². The Hall–Kier alpha value is -3.02. The zero-order chi connectivity index (χ0) is 18.0. The van der Waals surface area contributed by atoms with Crippen molar-refractivity contribution in [2.24, 2.45) is 0 Å². The van der Waals surface area contributed by atoms with Crippen molar-refractivity contribution in [3.8, 4) is 11.5 Å². The van der Waals surface area contributed by atoms with Crippen molar-refractivity contribution in [2.75, 3.05) is 6.61 Å². The van der Waals surface area contributed by atoms with Crippen LogP contribution < -0.4 is 10.4 Å². The Labute approximate surface area is 144 Å². The fourth-order valence-electron chi connectivity index (χ4n) is 2.64. The summed E-state index contributed by atoms with van der Waals surface area (Å²) in [5.41, 5.74) is 1.41. The molecular formula is C19H18O6. The number of fused-ring (bicyclic) bond motifs is 1. The van der Waals surface area contributed by atoms with Crippen LogP contribution in [0.5, 0.6) is 11.5 Å². The molecule has 0 amide bonds. The van der Waals surface area contributed by atoms with Gasteiger partial charge >= 0.3 is 11.6 Å². The van der Waals surface area contributed by atoms with E-state index in [1.165, 1.54) is 18.2 Å². The Kier molecular flexibility index (Phi) is 4.61. The van der Waals surface area contributed by atoms with Gasteiger partial charge in [0.1, 0.15) is 29.8 Å². The second-order valence-corrected chi connectivity index (χ2v) is 5.97. The number of ether oxygens (including phenoxy) is 2. The zero-order valence-corrected chi connectivity index (χ0v) is 13.9. The first-order chi connectivity index (χ1) is 11.9. The van der Waals surface area contributed by atoms with Crippen molar-refractivity contribution in [1.82, 2.24) is 0 Å². The van der Waals surface area contributed by atoms with E-state index < -0.39 is 5.63 Å². The maximum Gasteiger partial charge on any atom is 0.336 e. The van der Waals surface area contributed by atoms with E-state index in [1.54, 1.807) is 13.0 Å². The van der Waals surface area contributed by atoms with Crippen LogP contribution in [-0.2, 0) is 9.53 Å². The monoisotopic (exact) mass is 342 g/mol. The third kappa shape index (κ3) is 3.91. The molecule has 6 heteroatoms. The third-order valence-electron chi connectivity index (χ3n) is 3.90. The van der Waals surface area contributed by atoms with Crippen LogP contribution in [0.2, 0.25) is 0 Å². The molecule has 1 N–H and O–H groups in total. The molecule has 0 fully saturated rings. The number of rotatable bonds is 5. The number of cyclic esters (lactones) is 1. The molecule has 0 aliphatic carbocycles. The van der Waals surface area contributed by atoms with E-state index in [9.17, 15) is 14.7 Å². The van der Waals surface area contributed by atoms with Crippen molar-refractivity contribution in [3.05, 3.63) is 58.0 Å². The zero-order valence-electron chi connectivity index (χ0n) is 13.9. The fourth-order valence-corrected chi connectivity index (χ4v) is 2.64. The summed E-state index contributed by atoms with van der Waals surface area (Å²) in [6.07, 6.45) is 4.05. The lowest BCUT2D eigenvalue weighted by Crippen LogP contribution is -2.08. The van der Waals surface area contributed by atoms with Gasteiger partial charge in [0.05, 0.1) is 5.39 Å². The van der Waals surface area contributed by atoms with Gasteiger partial charge in [-0.25, -0.2) is 9.59 Å². The van der Waals surface area contributed by atoms with E-state index in [-0.39, 0.29) is 30.0 Å². The standard InChI is InChI=1S/C19H18O6/c1-11(7-14-8-12(2)19(22)24-14)5-6-23-16-9-13(20)10-17-15(16)3-4-18(21)25-17/h3-5,8-10,14,20H,6-7H2,1-2H3/t14-/m1/s1. The smallest absolute Gasteiger partial charge is 0.336 e. The molecule has 1 atom stereocenters. The lowest BCUT2D eigenvalue weighted by molar-refractivity contribution is -0.139. The second-order valence-electron chi connectivity index (χ2n) is 5.97. The molecule has 1 aliphatic heterocycles. The highest BCUT2D eigenvalue weighted by Gasteiger charge is 2.21. The quantitative estimate of drug-likeness (QED) is 0.510. The molecule has 1 aromatic heterocycles. The van der Waals surface area contributed by atoms with Crippen molar-refractivity contribution < 1.29 is 23.8 Å². The highest BCUT2D eigenvalue weighted by molar-refractivity contribution is 5.90. The summed E-state index contributed by atoms with van der Waals surface area (Å²) >= 11 is 0. The Bertz CT molecular complexity index is 935. The fraction of sp³-hybridized carbons (Fsp3) is 0.263. The number of hydrogen-bond donors (Lipinski definition) is 1. The summed E-state index contributed by atoms with van der Waals surface area (Å²) < 4.78 is 16.0. The topological polar surface area (TPSA) is 86.0 Å². The number of benzene rings is 1. The number of phenols is 1. The van der Waals surface area contributed by atoms with Gasteiger partial charge in [0.15, 0.2) is 0 Å². The van der Waals surface area contributed by atoms with Gasteiger partial charge in [0.2, 0.25) is 0 Å². The average molecular weight is 342 g/mol. The van der Waals surface area contributed by atoms with Gasteiger partial charge in [-0.3, -0.25) is 0 Å². The largest absolute Gasteiger partial charge is 0.508 e. The van der Waals surface area contributed by atoms with E-state index in [2.05, 4.69) is 0 Å². The molecular weight excluding hydrogens is 324 g/mol.